The Morgan fingerprint density at radius 2 is 1.89 bits per heavy atom. The Morgan fingerprint density at radius 1 is 1.11 bits per heavy atom. The van der Waals surface area contributed by atoms with Crippen LogP contribution in [0.1, 0.15) is 25.3 Å². The fourth-order valence-electron chi connectivity index (χ4n) is 2.57. The fourth-order valence-corrected chi connectivity index (χ4v) is 2.57. The molecule has 1 N–H and O–H groups in total. The molecule has 1 aliphatic rings. The van der Waals surface area contributed by atoms with Gasteiger partial charge < -0.3 is 5.32 Å². The van der Waals surface area contributed by atoms with E-state index in [-0.39, 0.29) is 0 Å². The molecule has 0 spiro atoms. The minimum Gasteiger partial charge on any atom is -0.314 e. The Labute approximate surface area is 109 Å². The first-order valence-corrected chi connectivity index (χ1v) is 7.03. The fraction of sp³-hybridized carbons (Fsp3) is 0.412. The number of nitrogens with one attached hydrogen (secondary N) is 1. The van der Waals surface area contributed by atoms with E-state index >= 15 is 0 Å². The third-order valence-corrected chi connectivity index (χ3v) is 3.78. The third-order valence-electron chi connectivity index (χ3n) is 3.78. The number of fused-ring (bicyclic) bond motifs is 1. The van der Waals surface area contributed by atoms with Crippen LogP contribution in [0, 0.1) is 5.92 Å². The molecule has 3 rings (SSSR count). The van der Waals surface area contributed by atoms with Crippen molar-refractivity contribution in [2.75, 3.05) is 6.54 Å². The summed E-state index contributed by atoms with van der Waals surface area (Å²) in [5.41, 5.74) is 1.48. The molecule has 1 saturated carbocycles. The molecule has 1 heteroatoms. The van der Waals surface area contributed by atoms with E-state index in [4.69, 9.17) is 0 Å². The van der Waals surface area contributed by atoms with Crippen molar-refractivity contribution >= 4 is 10.8 Å². The molecule has 0 radical (unpaired) electrons. The van der Waals surface area contributed by atoms with Crippen LogP contribution < -0.4 is 5.32 Å². The zero-order valence-electron chi connectivity index (χ0n) is 11.0. The predicted octanol–water partition coefficient (Wildman–Crippen LogP) is 3.77. The van der Waals surface area contributed by atoms with Gasteiger partial charge in [-0.25, -0.2) is 0 Å². The Bertz CT molecular complexity index is 523. The minimum absolute atomic E-state index is 0.705. The average Bonchev–Trinajstić information content (AvgIpc) is 3.21. The molecule has 1 atom stereocenters. The lowest BCUT2D eigenvalue weighted by atomic mass is 9.96. The second kappa shape index (κ2) is 5.11. The van der Waals surface area contributed by atoms with Crippen molar-refractivity contribution in [1.29, 1.82) is 0 Å². The summed E-state index contributed by atoms with van der Waals surface area (Å²) >= 11 is 0. The van der Waals surface area contributed by atoms with Gasteiger partial charge in [0, 0.05) is 6.04 Å². The monoisotopic (exact) mass is 239 g/mol. The molecule has 0 heterocycles. The van der Waals surface area contributed by atoms with Crippen molar-refractivity contribution < 1.29 is 0 Å². The van der Waals surface area contributed by atoms with Crippen molar-refractivity contribution in [1.82, 2.24) is 5.32 Å². The first-order valence-electron chi connectivity index (χ1n) is 7.03. The highest BCUT2D eigenvalue weighted by Crippen LogP contribution is 2.22. The van der Waals surface area contributed by atoms with Crippen LogP contribution in [0.2, 0.25) is 0 Å². The summed E-state index contributed by atoms with van der Waals surface area (Å²) in [6.07, 6.45) is 3.92. The van der Waals surface area contributed by atoms with E-state index in [0.717, 1.165) is 12.6 Å². The second-order valence-electron chi connectivity index (χ2n) is 5.63. The van der Waals surface area contributed by atoms with E-state index in [2.05, 4.69) is 54.7 Å². The van der Waals surface area contributed by atoms with Crippen LogP contribution >= 0.6 is 0 Å². The molecule has 1 fully saturated rings. The number of rotatable bonds is 5. The zero-order chi connectivity index (χ0) is 12.4. The molecule has 2 aromatic rings. The molecule has 0 aliphatic heterocycles. The van der Waals surface area contributed by atoms with Crippen molar-refractivity contribution in [3.63, 3.8) is 0 Å². The first kappa shape index (κ1) is 11.7. The lowest BCUT2D eigenvalue weighted by Crippen LogP contribution is -2.24. The van der Waals surface area contributed by atoms with E-state index < -0.39 is 0 Å². The summed E-state index contributed by atoms with van der Waals surface area (Å²) < 4.78 is 0. The average molecular weight is 239 g/mol. The van der Waals surface area contributed by atoms with Gasteiger partial charge in [-0.05, 0) is 48.1 Å². The van der Waals surface area contributed by atoms with E-state index in [0.29, 0.717) is 5.92 Å². The van der Waals surface area contributed by atoms with Crippen LogP contribution in [0.4, 0.5) is 0 Å². The third kappa shape index (κ3) is 2.73. The maximum atomic E-state index is 3.62. The molecule has 1 aliphatic carbocycles. The maximum Gasteiger partial charge on any atom is 0.00683 e. The van der Waals surface area contributed by atoms with Gasteiger partial charge in [-0.1, -0.05) is 49.4 Å². The molecule has 18 heavy (non-hydrogen) atoms. The molecule has 1 unspecified atom stereocenters. The highest BCUT2D eigenvalue weighted by molar-refractivity contribution is 5.85. The lowest BCUT2D eigenvalue weighted by molar-refractivity contribution is 0.510. The highest BCUT2D eigenvalue weighted by Gasteiger charge is 2.20. The van der Waals surface area contributed by atoms with Gasteiger partial charge in [0.05, 0.1) is 0 Å². The molecule has 94 valence electrons. The van der Waals surface area contributed by atoms with Gasteiger partial charge in [-0.3, -0.25) is 0 Å². The predicted molar refractivity (Wildman–Crippen MR) is 77.8 cm³/mol. The van der Waals surface area contributed by atoms with Gasteiger partial charge in [-0.2, -0.15) is 0 Å². The number of hydrogen-bond donors (Lipinski definition) is 1. The summed E-state index contributed by atoms with van der Waals surface area (Å²) in [5.74, 6) is 0.705. The molecule has 2 aromatic carbocycles. The number of hydrogen-bond acceptors (Lipinski definition) is 1. The van der Waals surface area contributed by atoms with Crippen molar-refractivity contribution in [3.8, 4) is 0 Å². The van der Waals surface area contributed by atoms with Gasteiger partial charge in [0.25, 0.3) is 0 Å². The van der Waals surface area contributed by atoms with Gasteiger partial charge in [0.15, 0.2) is 0 Å². The summed E-state index contributed by atoms with van der Waals surface area (Å²) in [4.78, 5) is 0. The second-order valence-corrected chi connectivity index (χ2v) is 5.63. The van der Waals surface area contributed by atoms with E-state index in [1.54, 1.807) is 0 Å². The smallest absolute Gasteiger partial charge is 0.00683 e. The highest BCUT2D eigenvalue weighted by atomic mass is 14.9. The van der Waals surface area contributed by atoms with Gasteiger partial charge in [0.1, 0.15) is 0 Å². The van der Waals surface area contributed by atoms with E-state index in [1.807, 2.05) is 0 Å². The van der Waals surface area contributed by atoms with Crippen LogP contribution in [-0.2, 0) is 6.42 Å². The Kier molecular flexibility index (Phi) is 3.33. The Hall–Kier alpha value is -1.34. The summed E-state index contributed by atoms with van der Waals surface area (Å²) in [6, 6.07) is 16.2. The Balaban J connectivity index is 1.72. The summed E-state index contributed by atoms with van der Waals surface area (Å²) in [7, 11) is 0. The van der Waals surface area contributed by atoms with Crippen molar-refractivity contribution in [2.45, 2.75) is 32.2 Å². The molecular formula is C17H21N. The van der Waals surface area contributed by atoms with E-state index in [9.17, 15) is 0 Å². The molecule has 1 nitrogen and oxygen atoms in total. The SMILES string of the molecule is CC(CNC1CC1)Cc1cccc2ccccc12. The Morgan fingerprint density at radius 3 is 2.72 bits per heavy atom. The van der Waals surface area contributed by atoms with Crippen LogP contribution in [0.25, 0.3) is 10.8 Å². The largest absolute Gasteiger partial charge is 0.314 e. The van der Waals surface area contributed by atoms with Crippen LogP contribution in [-0.4, -0.2) is 12.6 Å². The molecule has 0 amide bonds. The molecule has 0 saturated heterocycles. The lowest BCUT2D eigenvalue weighted by Gasteiger charge is -2.14. The summed E-state index contributed by atoms with van der Waals surface area (Å²) in [6.45, 7) is 3.49. The molecule has 0 aromatic heterocycles. The first-order chi connectivity index (χ1) is 8.83. The van der Waals surface area contributed by atoms with E-state index in [1.165, 1.54) is 35.6 Å². The number of benzene rings is 2. The van der Waals surface area contributed by atoms with Crippen LogP contribution in [0.5, 0.6) is 0 Å². The van der Waals surface area contributed by atoms with Gasteiger partial charge >= 0.3 is 0 Å². The zero-order valence-corrected chi connectivity index (χ0v) is 11.0. The van der Waals surface area contributed by atoms with Crippen molar-refractivity contribution in [3.05, 3.63) is 48.0 Å². The standard InChI is InChI=1S/C17H21N/c1-13(12-18-16-9-10-16)11-15-7-4-6-14-5-2-3-8-17(14)15/h2-8,13,16,18H,9-12H2,1H3. The van der Waals surface area contributed by atoms with Crippen molar-refractivity contribution in [2.24, 2.45) is 5.92 Å². The summed E-state index contributed by atoms with van der Waals surface area (Å²) in [5, 5.41) is 6.40. The molecular weight excluding hydrogens is 218 g/mol. The molecule has 0 bridgehead atoms. The normalized spacial score (nSPS) is 16.9. The van der Waals surface area contributed by atoms with Crippen LogP contribution in [0.15, 0.2) is 42.5 Å². The van der Waals surface area contributed by atoms with Gasteiger partial charge in [-0.15, -0.1) is 0 Å². The maximum absolute atomic E-state index is 3.62. The quantitative estimate of drug-likeness (QED) is 0.837. The minimum atomic E-state index is 0.705. The van der Waals surface area contributed by atoms with Gasteiger partial charge in [0.2, 0.25) is 0 Å². The van der Waals surface area contributed by atoms with Crippen LogP contribution in [0.3, 0.4) is 0 Å². The topological polar surface area (TPSA) is 12.0 Å².